The third kappa shape index (κ3) is 3.89. The maximum absolute atomic E-state index is 12.4. The molecule has 1 saturated carbocycles. The van der Waals surface area contributed by atoms with E-state index in [0.29, 0.717) is 37.8 Å². The Labute approximate surface area is 157 Å². The van der Waals surface area contributed by atoms with E-state index < -0.39 is 0 Å². The molecule has 0 atom stereocenters. The fourth-order valence-corrected chi connectivity index (χ4v) is 3.30. The van der Waals surface area contributed by atoms with Gasteiger partial charge in [-0.05, 0) is 25.0 Å². The number of rotatable bonds is 4. The molecule has 1 N–H and O–H groups in total. The van der Waals surface area contributed by atoms with Gasteiger partial charge in [-0.25, -0.2) is 9.97 Å². The van der Waals surface area contributed by atoms with E-state index in [1.165, 1.54) is 12.6 Å². The lowest BCUT2D eigenvalue weighted by atomic mass is 9.84. The number of piperazine rings is 1. The van der Waals surface area contributed by atoms with E-state index >= 15 is 0 Å². The topological polar surface area (TPSA) is 91.3 Å². The van der Waals surface area contributed by atoms with Gasteiger partial charge < -0.3 is 15.1 Å². The van der Waals surface area contributed by atoms with Crippen LogP contribution in [0, 0.1) is 5.92 Å². The number of nitrogens with one attached hydrogen (secondary N) is 1. The number of aromatic nitrogens is 3. The summed E-state index contributed by atoms with van der Waals surface area (Å²) in [6.07, 6.45) is 7.93. The molecule has 4 rings (SSSR count). The van der Waals surface area contributed by atoms with Gasteiger partial charge in [0.05, 0.1) is 12.4 Å². The number of pyridine rings is 1. The SMILES string of the molecule is O=C(Nc1ccccn1)c1cncc(N2CCN(C(=O)C3CCC3)CC2)n1. The molecule has 1 saturated heterocycles. The molecule has 0 bridgehead atoms. The van der Waals surface area contributed by atoms with Crippen LogP contribution in [0.3, 0.4) is 0 Å². The van der Waals surface area contributed by atoms with Crippen molar-refractivity contribution in [1.82, 2.24) is 19.9 Å². The maximum atomic E-state index is 12.4. The molecule has 8 nitrogen and oxygen atoms in total. The molecule has 2 aliphatic rings. The first-order valence-corrected chi connectivity index (χ1v) is 9.29. The lowest BCUT2D eigenvalue weighted by Crippen LogP contribution is -2.51. The molecule has 3 heterocycles. The highest BCUT2D eigenvalue weighted by Crippen LogP contribution is 2.28. The Morgan fingerprint density at radius 1 is 1.07 bits per heavy atom. The summed E-state index contributed by atoms with van der Waals surface area (Å²) in [6, 6.07) is 5.30. The van der Waals surface area contributed by atoms with Crippen molar-refractivity contribution in [1.29, 1.82) is 0 Å². The number of amides is 2. The van der Waals surface area contributed by atoms with Crippen LogP contribution in [0.5, 0.6) is 0 Å². The van der Waals surface area contributed by atoms with Crippen LogP contribution in [-0.4, -0.2) is 57.8 Å². The predicted molar refractivity (Wildman–Crippen MR) is 100 cm³/mol. The number of carbonyl (C=O) groups excluding carboxylic acids is 2. The second-order valence-electron chi connectivity index (χ2n) is 6.87. The zero-order valence-electron chi connectivity index (χ0n) is 15.0. The molecule has 8 heteroatoms. The van der Waals surface area contributed by atoms with Crippen molar-refractivity contribution in [3.63, 3.8) is 0 Å². The van der Waals surface area contributed by atoms with Crippen molar-refractivity contribution in [2.45, 2.75) is 19.3 Å². The summed E-state index contributed by atoms with van der Waals surface area (Å²) in [6.45, 7) is 2.75. The minimum atomic E-state index is -0.346. The summed E-state index contributed by atoms with van der Waals surface area (Å²) in [5.74, 6) is 1.30. The van der Waals surface area contributed by atoms with Crippen molar-refractivity contribution < 1.29 is 9.59 Å². The molecular weight excluding hydrogens is 344 g/mol. The van der Waals surface area contributed by atoms with Gasteiger partial charge >= 0.3 is 0 Å². The largest absolute Gasteiger partial charge is 0.352 e. The van der Waals surface area contributed by atoms with Gasteiger partial charge in [-0.3, -0.25) is 14.6 Å². The van der Waals surface area contributed by atoms with E-state index in [1.807, 2.05) is 4.90 Å². The molecule has 27 heavy (non-hydrogen) atoms. The van der Waals surface area contributed by atoms with E-state index in [4.69, 9.17) is 0 Å². The first-order chi connectivity index (χ1) is 13.2. The standard InChI is InChI=1S/C19H22N6O2/c26-18(23-16-6-1-2-7-21-16)15-12-20-13-17(22-15)24-8-10-25(11-9-24)19(27)14-4-3-5-14/h1-2,6-7,12-14H,3-5,8-11H2,(H,21,23,26). The Kier molecular flexibility index (Phi) is 4.95. The molecule has 2 aromatic heterocycles. The average Bonchev–Trinajstić information content (AvgIpc) is 2.67. The van der Waals surface area contributed by atoms with Crippen molar-refractivity contribution >= 4 is 23.5 Å². The average molecular weight is 366 g/mol. The van der Waals surface area contributed by atoms with Crippen LogP contribution in [0.4, 0.5) is 11.6 Å². The van der Waals surface area contributed by atoms with Gasteiger partial charge in [-0.1, -0.05) is 12.5 Å². The van der Waals surface area contributed by atoms with E-state index in [2.05, 4.69) is 25.2 Å². The van der Waals surface area contributed by atoms with Gasteiger partial charge in [-0.15, -0.1) is 0 Å². The van der Waals surface area contributed by atoms with Gasteiger partial charge in [0.15, 0.2) is 0 Å². The second kappa shape index (κ2) is 7.69. The molecular formula is C19H22N6O2. The van der Waals surface area contributed by atoms with Gasteiger partial charge in [0, 0.05) is 38.3 Å². The van der Waals surface area contributed by atoms with Crippen molar-refractivity contribution in [2.75, 3.05) is 36.4 Å². The fourth-order valence-electron chi connectivity index (χ4n) is 3.30. The molecule has 1 aliphatic heterocycles. The number of anilines is 2. The Morgan fingerprint density at radius 2 is 1.89 bits per heavy atom. The van der Waals surface area contributed by atoms with Crippen LogP contribution >= 0.6 is 0 Å². The first-order valence-electron chi connectivity index (χ1n) is 9.29. The molecule has 2 aromatic rings. The van der Waals surface area contributed by atoms with Crippen LogP contribution < -0.4 is 10.2 Å². The Balaban J connectivity index is 1.38. The van der Waals surface area contributed by atoms with Crippen LogP contribution in [0.25, 0.3) is 0 Å². The number of carbonyl (C=O) groups is 2. The zero-order chi connectivity index (χ0) is 18.6. The fraction of sp³-hybridized carbons (Fsp3) is 0.421. The summed E-state index contributed by atoms with van der Waals surface area (Å²) in [5.41, 5.74) is 0.242. The summed E-state index contributed by atoms with van der Waals surface area (Å²) in [4.78, 5) is 41.4. The Bertz CT molecular complexity index is 816. The molecule has 0 aromatic carbocycles. The lowest BCUT2D eigenvalue weighted by Gasteiger charge is -2.38. The third-order valence-corrected chi connectivity index (χ3v) is 5.13. The normalized spacial score (nSPS) is 17.3. The zero-order valence-corrected chi connectivity index (χ0v) is 15.0. The van der Waals surface area contributed by atoms with Crippen LogP contribution in [0.15, 0.2) is 36.8 Å². The Morgan fingerprint density at radius 3 is 2.56 bits per heavy atom. The summed E-state index contributed by atoms with van der Waals surface area (Å²) < 4.78 is 0. The summed E-state index contributed by atoms with van der Waals surface area (Å²) >= 11 is 0. The predicted octanol–water partition coefficient (Wildman–Crippen LogP) is 1.57. The minimum absolute atomic E-state index is 0.231. The van der Waals surface area contributed by atoms with Gasteiger partial charge in [0.25, 0.3) is 5.91 Å². The van der Waals surface area contributed by atoms with Gasteiger partial charge in [0.1, 0.15) is 17.3 Å². The van der Waals surface area contributed by atoms with Crippen LogP contribution in [0.1, 0.15) is 29.8 Å². The van der Waals surface area contributed by atoms with Crippen molar-refractivity contribution in [3.8, 4) is 0 Å². The van der Waals surface area contributed by atoms with E-state index in [0.717, 1.165) is 12.8 Å². The smallest absolute Gasteiger partial charge is 0.277 e. The highest BCUT2D eigenvalue weighted by Gasteiger charge is 2.31. The van der Waals surface area contributed by atoms with E-state index in [1.54, 1.807) is 30.6 Å². The Hall–Kier alpha value is -3.03. The van der Waals surface area contributed by atoms with Gasteiger partial charge in [0.2, 0.25) is 5.91 Å². The molecule has 2 amide bonds. The monoisotopic (exact) mass is 366 g/mol. The maximum Gasteiger partial charge on any atom is 0.277 e. The van der Waals surface area contributed by atoms with Crippen molar-refractivity contribution in [3.05, 3.63) is 42.5 Å². The highest BCUT2D eigenvalue weighted by molar-refractivity contribution is 6.02. The first kappa shape index (κ1) is 17.4. The van der Waals surface area contributed by atoms with Crippen LogP contribution in [-0.2, 0) is 4.79 Å². The second-order valence-corrected chi connectivity index (χ2v) is 6.87. The number of hydrogen-bond acceptors (Lipinski definition) is 6. The molecule has 0 unspecified atom stereocenters. The lowest BCUT2D eigenvalue weighted by molar-refractivity contribution is -0.138. The summed E-state index contributed by atoms with van der Waals surface area (Å²) in [5, 5.41) is 2.71. The van der Waals surface area contributed by atoms with E-state index in [-0.39, 0.29) is 23.4 Å². The molecule has 0 spiro atoms. The number of nitrogens with zero attached hydrogens (tertiary/aromatic N) is 5. The highest BCUT2D eigenvalue weighted by atomic mass is 16.2. The van der Waals surface area contributed by atoms with Crippen LogP contribution in [0.2, 0.25) is 0 Å². The third-order valence-electron chi connectivity index (χ3n) is 5.13. The molecule has 140 valence electrons. The quantitative estimate of drug-likeness (QED) is 0.883. The summed E-state index contributed by atoms with van der Waals surface area (Å²) in [7, 11) is 0. The van der Waals surface area contributed by atoms with Gasteiger partial charge in [-0.2, -0.15) is 0 Å². The number of hydrogen-bond donors (Lipinski definition) is 1. The molecule has 2 fully saturated rings. The molecule has 1 aliphatic carbocycles. The minimum Gasteiger partial charge on any atom is -0.352 e. The van der Waals surface area contributed by atoms with E-state index in [9.17, 15) is 9.59 Å². The van der Waals surface area contributed by atoms with Crippen molar-refractivity contribution in [2.24, 2.45) is 5.92 Å². The molecule has 0 radical (unpaired) electrons.